The number of carbonyl (C=O) groups excluding carboxylic acids is 3. The summed E-state index contributed by atoms with van der Waals surface area (Å²) in [5, 5.41) is 10.3. The van der Waals surface area contributed by atoms with E-state index >= 15 is 0 Å². The number of aliphatic hydroxyl groups is 1. The molecule has 0 fully saturated rings. The van der Waals surface area contributed by atoms with E-state index < -0.39 is 29.8 Å². The summed E-state index contributed by atoms with van der Waals surface area (Å²) < 4.78 is 6.26. The number of rotatable bonds is 2. The van der Waals surface area contributed by atoms with Crippen LogP contribution in [0.4, 0.5) is 4.79 Å². The molecule has 0 saturated heterocycles. The van der Waals surface area contributed by atoms with E-state index in [2.05, 4.69) is 0 Å². The number of primary amides is 1. The lowest BCUT2D eigenvalue weighted by molar-refractivity contribution is 0.0964. The lowest BCUT2D eigenvalue weighted by Crippen LogP contribution is -2.30. The van der Waals surface area contributed by atoms with Gasteiger partial charge in [-0.15, -0.1) is 0 Å². The van der Waals surface area contributed by atoms with Crippen LogP contribution in [0.1, 0.15) is 45.1 Å². The van der Waals surface area contributed by atoms with Crippen LogP contribution < -0.4 is 17.2 Å². The fourth-order valence-electron chi connectivity index (χ4n) is 3.11. The summed E-state index contributed by atoms with van der Waals surface area (Å²) in [6.07, 6.45) is -2.13. The third-order valence-electron chi connectivity index (χ3n) is 4.28. The summed E-state index contributed by atoms with van der Waals surface area (Å²) in [5.74, 6) is -0.951. The lowest BCUT2D eigenvalue weighted by atomic mass is 9.89. The second kappa shape index (κ2) is 4.93. The van der Waals surface area contributed by atoms with Gasteiger partial charge in [-0.05, 0) is 6.92 Å². The molecule has 0 radical (unpaired) electrons. The maximum absolute atomic E-state index is 12.5. The van der Waals surface area contributed by atoms with Crippen LogP contribution in [-0.4, -0.2) is 33.4 Å². The Kier molecular flexibility index (Phi) is 3.27. The monoisotopic (exact) mass is 320 g/mol. The first-order chi connectivity index (χ1) is 10.8. The van der Waals surface area contributed by atoms with Gasteiger partial charge in [0.25, 0.3) is 0 Å². The zero-order chi connectivity index (χ0) is 17.0. The molecule has 23 heavy (non-hydrogen) atoms. The fourth-order valence-corrected chi connectivity index (χ4v) is 3.11. The van der Waals surface area contributed by atoms with Crippen molar-refractivity contribution in [3.05, 3.63) is 33.8 Å². The number of aromatic nitrogens is 1. The van der Waals surface area contributed by atoms with Gasteiger partial charge in [0.2, 0.25) is 11.6 Å². The van der Waals surface area contributed by atoms with Crippen molar-refractivity contribution in [1.82, 2.24) is 4.57 Å². The summed E-state index contributed by atoms with van der Waals surface area (Å²) in [4.78, 5) is 35.9. The number of hydrogen-bond acceptors (Lipinski definition) is 7. The summed E-state index contributed by atoms with van der Waals surface area (Å²) in [6, 6.07) is -0.630. The topological polar surface area (TPSA) is 164 Å². The Balaban J connectivity index is 2.25. The van der Waals surface area contributed by atoms with Crippen LogP contribution in [0.15, 0.2) is 11.3 Å². The van der Waals surface area contributed by atoms with Gasteiger partial charge in [-0.3, -0.25) is 9.59 Å². The number of nitrogens with two attached hydrogens (primary N) is 3. The van der Waals surface area contributed by atoms with Crippen molar-refractivity contribution < 1.29 is 24.2 Å². The van der Waals surface area contributed by atoms with E-state index in [9.17, 15) is 19.5 Å². The molecular weight excluding hydrogens is 304 g/mol. The van der Waals surface area contributed by atoms with Gasteiger partial charge < -0.3 is 31.6 Å². The number of aliphatic hydroxyl groups excluding tert-OH is 1. The summed E-state index contributed by atoms with van der Waals surface area (Å²) in [6.45, 7) is 1.28. The second-order valence-corrected chi connectivity index (χ2v) is 5.61. The first-order valence-corrected chi connectivity index (χ1v) is 6.92. The number of ether oxygens (including phenoxy) is 1. The Morgan fingerprint density at radius 2 is 2.04 bits per heavy atom. The first-order valence-electron chi connectivity index (χ1n) is 6.92. The number of nitrogens with zero attached hydrogens (tertiary/aromatic N) is 1. The molecule has 3 rings (SSSR count). The van der Waals surface area contributed by atoms with E-state index in [0.717, 1.165) is 0 Å². The van der Waals surface area contributed by atoms with Gasteiger partial charge in [0.1, 0.15) is 18.4 Å². The van der Waals surface area contributed by atoms with Gasteiger partial charge >= 0.3 is 6.09 Å². The Labute approximate surface area is 130 Å². The highest BCUT2D eigenvalue weighted by molar-refractivity contribution is 6.26. The summed E-state index contributed by atoms with van der Waals surface area (Å²) in [7, 11) is 0. The molecule has 1 amide bonds. The van der Waals surface area contributed by atoms with Gasteiger partial charge in [-0.1, -0.05) is 0 Å². The molecular formula is C14H16N4O5. The van der Waals surface area contributed by atoms with E-state index in [-0.39, 0.29) is 46.9 Å². The molecule has 0 bridgehead atoms. The minimum absolute atomic E-state index is 0.0419. The SMILES string of the molecule is CC1=C(N)C(=O)c2c(COC(N)=O)c3n(c2C1=O)CC(N)C3O. The van der Waals surface area contributed by atoms with Crippen LogP contribution in [0.5, 0.6) is 0 Å². The highest BCUT2D eigenvalue weighted by Gasteiger charge is 2.43. The zero-order valence-electron chi connectivity index (χ0n) is 12.3. The van der Waals surface area contributed by atoms with Gasteiger partial charge in [0.05, 0.1) is 23.0 Å². The second-order valence-electron chi connectivity index (χ2n) is 5.61. The summed E-state index contributed by atoms with van der Waals surface area (Å²) in [5.41, 5.74) is 17.2. The minimum atomic E-state index is -1.09. The molecule has 1 aromatic heterocycles. The molecule has 9 heteroatoms. The number of hydrogen-bond donors (Lipinski definition) is 4. The number of Topliss-reactive ketones (excluding diaryl/α,β-unsaturated/α-hetero) is 2. The number of allylic oxidation sites excluding steroid dienone is 2. The molecule has 0 spiro atoms. The number of fused-ring (bicyclic) bond motifs is 3. The van der Waals surface area contributed by atoms with Crippen molar-refractivity contribution in [2.24, 2.45) is 17.2 Å². The molecule has 1 aromatic rings. The third kappa shape index (κ3) is 1.97. The molecule has 1 aliphatic carbocycles. The van der Waals surface area contributed by atoms with Crippen molar-refractivity contribution in [1.29, 1.82) is 0 Å². The van der Waals surface area contributed by atoms with E-state index in [0.29, 0.717) is 0 Å². The maximum Gasteiger partial charge on any atom is 0.404 e. The molecule has 2 heterocycles. The van der Waals surface area contributed by atoms with Crippen molar-refractivity contribution in [2.75, 3.05) is 0 Å². The predicted molar refractivity (Wildman–Crippen MR) is 77.3 cm³/mol. The molecule has 0 saturated carbocycles. The fraction of sp³-hybridized carbons (Fsp3) is 0.357. The largest absolute Gasteiger partial charge is 0.445 e. The molecule has 2 unspecified atom stereocenters. The Morgan fingerprint density at radius 3 is 2.65 bits per heavy atom. The molecule has 0 aromatic carbocycles. The third-order valence-corrected chi connectivity index (χ3v) is 4.28. The highest BCUT2D eigenvalue weighted by Crippen LogP contribution is 2.39. The zero-order valence-corrected chi connectivity index (χ0v) is 12.3. The van der Waals surface area contributed by atoms with E-state index in [1.54, 1.807) is 0 Å². The molecule has 2 atom stereocenters. The maximum atomic E-state index is 12.5. The smallest absolute Gasteiger partial charge is 0.404 e. The first kappa shape index (κ1) is 15.3. The highest BCUT2D eigenvalue weighted by atomic mass is 16.5. The van der Waals surface area contributed by atoms with E-state index in [1.807, 2.05) is 0 Å². The quantitative estimate of drug-likeness (QED) is 0.546. The Hall–Kier alpha value is -2.65. The van der Waals surface area contributed by atoms with Crippen LogP contribution in [0.3, 0.4) is 0 Å². The predicted octanol–water partition coefficient (Wildman–Crippen LogP) is -0.931. The van der Waals surface area contributed by atoms with Crippen molar-refractivity contribution in [3.63, 3.8) is 0 Å². The lowest BCUT2D eigenvalue weighted by Gasteiger charge is -2.17. The summed E-state index contributed by atoms with van der Waals surface area (Å²) >= 11 is 0. The van der Waals surface area contributed by atoms with Crippen LogP contribution in [0.2, 0.25) is 0 Å². The van der Waals surface area contributed by atoms with Crippen LogP contribution in [-0.2, 0) is 17.9 Å². The standard InChI is InChI=1S/C14H16N4O5/c1-4-8(16)13(21)7-5(3-23-14(17)22)9-12(20)6(15)2-18(9)10(7)11(4)19/h6,12,20H,2-3,15-16H2,1H3,(H2,17,22). The van der Waals surface area contributed by atoms with Crippen molar-refractivity contribution in [2.45, 2.75) is 32.2 Å². The van der Waals surface area contributed by atoms with Gasteiger partial charge in [-0.25, -0.2) is 4.79 Å². The molecule has 1 aliphatic heterocycles. The minimum Gasteiger partial charge on any atom is -0.445 e. The van der Waals surface area contributed by atoms with Crippen LogP contribution >= 0.6 is 0 Å². The molecule has 2 aliphatic rings. The van der Waals surface area contributed by atoms with Crippen LogP contribution in [0, 0.1) is 0 Å². The molecule has 122 valence electrons. The Morgan fingerprint density at radius 1 is 1.39 bits per heavy atom. The van der Waals surface area contributed by atoms with E-state index in [4.69, 9.17) is 21.9 Å². The average Bonchev–Trinajstić information content (AvgIpc) is 2.96. The van der Waals surface area contributed by atoms with Crippen LogP contribution in [0.25, 0.3) is 0 Å². The van der Waals surface area contributed by atoms with Gasteiger partial charge in [0, 0.05) is 17.7 Å². The van der Waals surface area contributed by atoms with Crippen molar-refractivity contribution in [3.8, 4) is 0 Å². The molecule has 9 nitrogen and oxygen atoms in total. The average molecular weight is 320 g/mol. The number of carbonyl (C=O) groups is 3. The van der Waals surface area contributed by atoms with Gasteiger partial charge in [-0.2, -0.15) is 0 Å². The number of ketones is 2. The molecule has 7 N–H and O–H groups in total. The Bertz CT molecular complexity index is 792. The normalized spacial score (nSPS) is 23.1. The van der Waals surface area contributed by atoms with Gasteiger partial charge in [0.15, 0.2) is 0 Å². The van der Waals surface area contributed by atoms with Crippen molar-refractivity contribution >= 4 is 17.7 Å². The van der Waals surface area contributed by atoms with E-state index in [1.165, 1.54) is 11.5 Å². The number of amides is 1.